The summed E-state index contributed by atoms with van der Waals surface area (Å²) < 4.78 is 11.3. The molecule has 25 heavy (non-hydrogen) atoms. The molecule has 0 aliphatic carbocycles. The smallest absolute Gasteiger partial charge is 0.161 e. The van der Waals surface area contributed by atoms with Crippen molar-refractivity contribution >= 4 is 23.2 Å². The van der Waals surface area contributed by atoms with Crippen LogP contribution in [0.4, 0.5) is 0 Å². The van der Waals surface area contributed by atoms with Gasteiger partial charge in [0.15, 0.2) is 11.5 Å². The van der Waals surface area contributed by atoms with E-state index in [1.54, 1.807) is 19.2 Å². The predicted octanol–water partition coefficient (Wildman–Crippen LogP) is 4.44. The molecule has 0 saturated carbocycles. The lowest BCUT2D eigenvalue weighted by Crippen LogP contribution is -2.15. The molecule has 6 heteroatoms. The van der Waals surface area contributed by atoms with Crippen molar-refractivity contribution in [1.29, 1.82) is 0 Å². The molecule has 0 heterocycles. The van der Waals surface area contributed by atoms with Crippen molar-refractivity contribution in [2.24, 2.45) is 0 Å². The van der Waals surface area contributed by atoms with Crippen LogP contribution in [0.25, 0.3) is 0 Å². The SMILES string of the molecule is COc1cc(CNCCCCO)ccc1OCc1ccc(Cl)c(Cl)c1. The Morgan fingerprint density at radius 2 is 1.76 bits per heavy atom. The largest absolute Gasteiger partial charge is 0.493 e. The van der Waals surface area contributed by atoms with Gasteiger partial charge in [0.2, 0.25) is 0 Å². The van der Waals surface area contributed by atoms with E-state index in [1.165, 1.54) is 0 Å². The molecule has 0 aliphatic rings. The second-order valence-corrected chi connectivity index (χ2v) is 6.44. The van der Waals surface area contributed by atoms with E-state index in [0.717, 1.165) is 37.1 Å². The fourth-order valence-corrected chi connectivity index (χ4v) is 2.65. The molecule has 0 aromatic heterocycles. The summed E-state index contributed by atoms with van der Waals surface area (Å²) in [5.74, 6) is 1.37. The third-order valence-corrected chi connectivity index (χ3v) is 4.44. The Morgan fingerprint density at radius 3 is 2.48 bits per heavy atom. The second kappa shape index (κ2) is 10.5. The van der Waals surface area contributed by atoms with E-state index in [-0.39, 0.29) is 6.61 Å². The zero-order valence-electron chi connectivity index (χ0n) is 14.2. The van der Waals surface area contributed by atoms with Crippen molar-refractivity contribution < 1.29 is 14.6 Å². The summed E-state index contributed by atoms with van der Waals surface area (Å²) in [6.07, 6.45) is 1.77. The molecule has 0 fully saturated rings. The molecule has 0 bridgehead atoms. The fourth-order valence-electron chi connectivity index (χ4n) is 2.33. The summed E-state index contributed by atoms with van der Waals surface area (Å²) in [6, 6.07) is 11.3. The summed E-state index contributed by atoms with van der Waals surface area (Å²) in [6.45, 7) is 2.24. The van der Waals surface area contributed by atoms with Crippen LogP contribution in [0.1, 0.15) is 24.0 Å². The topological polar surface area (TPSA) is 50.7 Å². The minimum Gasteiger partial charge on any atom is -0.493 e. The van der Waals surface area contributed by atoms with Gasteiger partial charge in [-0.1, -0.05) is 35.3 Å². The van der Waals surface area contributed by atoms with Gasteiger partial charge in [0.25, 0.3) is 0 Å². The number of rotatable bonds is 10. The van der Waals surface area contributed by atoms with E-state index >= 15 is 0 Å². The van der Waals surface area contributed by atoms with E-state index in [2.05, 4.69) is 5.32 Å². The van der Waals surface area contributed by atoms with Crippen molar-refractivity contribution in [1.82, 2.24) is 5.32 Å². The molecule has 2 rings (SSSR count). The Labute approximate surface area is 158 Å². The number of aliphatic hydroxyl groups is 1. The summed E-state index contributed by atoms with van der Waals surface area (Å²) in [5.41, 5.74) is 2.05. The summed E-state index contributed by atoms with van der Waals surface area (Å²) in [4.78, 5) is 0. The number of nitrogens with one attached hydrogen (secondary N) is 1. The van der Waals surface area contributed by atoms with Gasteiger partial charge in [0.05, 0.1) is 17.2 Å². The fraction of sp³-hybridized carbons (Fsp3) is 0.368. The summed E-state index contributed by atoms with van der Waals surface area (Å²) in [7, 11) is 1.62. The van der Waals surface area contributed by atoms with Crippen molar-refractivity contribution in [2.75, 3.05) is 20.3 Å². The van der Waals surface area contributed by atoms with E-state index in [9.17, 15) is 0 Å². The van der Waals surface area contributed by atoms with Crippen LogP contribution in [-0.4, -0.2) is 25.4 Å². The van der Waals surface area contributed by atoms with Crippen LogP contribution < -0.4 is 14.8 Å². The molecule has 0 unspecified atom stereocenters. The van der Waals surface area contributed by atoms with Gasteiger partial charge in [-0.15, -0.1) is 0 Å². The third kappa shape index (κ3) is 6.40. The Kier molecular flexibility index (Phi) is 8.35. The van der Waals surface area contributed by atoms with Gasteiger partial charge < -0.3 is 19.9 Å². The van der Waals surface area contributed by atoms with Gasteiger partial charge in [-0.2, -0.15) is 0 Å². The number of methoxy groups -OCH3 is 1. The number of ether oxygens (including phenoxy) is 2. The Morgan fingerprint density at radius 1 is 0.960 bits per heavy atom. The zero-order chi connectivity index (χ0) is 18.1. The quantitative estimate of drug-likeness (QED) is 0.595. The van der Waals surface area contributed by atoms with Crippen LogP contribution in [0.3, 0.4) is 0 Å². The molecule has 0 atom stereocenters. The maximum absolute atomic E-state index is 8.77. The molecular weight excluding hydrogens is 361 g/mol. The molecule has 136 valence electrons. The van der Waals surface area contributed by atoms with Gasteiger partial charge in [0.1, 0.15) is 6.61 Å². The van der Waals surface area contributed by atoms with Gasteiger partial charge in [0, 0.05) is 13.2 Å². The van der Waals surface area contributed by atoms with E-state index in [4.69, 9.17) is 37.8 Å². The molecular formula is C19H23Cl2NO3. The molecule has 0 amide bonds. The molecule has 0 aliphatic heterocycles. The second-order valence-electron chi connectivity index (χ2n) is 5.63. The number of hydrogen-bond donors (Lipinski definition) is 2. The number of halogens is 2. The van der Waals surface area contributed by atoms with Crippen molar-refractivity contribution in [3.05, 3.63) is 57.6 Å². The highest BCUT2D eigenvalue weighted by atomic mass is 35.5. The maximum Gasteiger partial charge on any atom is 0.161 e. The predicted molar refractivity (Wildman–Crippen MR) is 102 cm³/mol. The number of hydrogen-bond acceptors (Lipinski definition) is 4. The van der Waals surface area contributed by atoms with Crippen LogP contribution in [0, 0.1) is 0 Å². The van der Waals surface area contributed by atoms with E-state index in [1.807, 2.05) is 24.3 Å². The molecule has 0 saturated heterocycles. The monoisotopic (exact) mass is 383 g/mol. The van der Waals surface area contributed by atoms with Crippen LogP contribution >= 0.6 is 23.2 Å². The average molecular weight is 384 g/mol. The molecule has 2 N–H and O–H groups in total. The highest BCUT2D eigenvalue weighted by Crippen LogP contribution is 2.29. The lowest BCUT2D eigenvalue weighted by molar-refractivity contribution is 0.283. The first-order valence-corrected chi connectivity index (χ1v) is 8.95. The Bertz CT molecular complexity index is 680. The summed E-state index contributed by atoms with van der Waals surface area (Å²) in [5, 5.41) is 13.2. The summed E-state index contributed by atoms with van der Waals surface area (Å²) >= 11 is 11.9. The zero-order valence-corrected chi connectivity index (χ0v) is 15.7. The minimum absolute atomic E-state index is 0.236. The first-order chi connectivity index (χ1) is 12.1. The number of aliphatic hydroxyl groups excluding tert-OH is 1. The van der Waals surface area contributed by atoms with Crippen LogP contribution in [0.2, 0.25) is 10.0 Å². The average Bonchev–Trinajstić information content (AvgIpc) is 2.63. The number of benzene rings is 2. The van der Waals surface area contributed by atoms with Crippen LogP contribution in [0.5, 0.6) is 11.5 Å². The third-order valence-electron chi connectivity index (χ3n) is 3.70. The minimum atomic E-state index is 0.236. The van der Waals surface area contributed by atoms with Crippen LogP contribution in [-0.2, 0) is 13.2 Å². The van der Waals surface area contributed by atoms with Crippen molar-refractivity contribution in [2.45, 2.75) is 26.0 Å². The van der Waals surface area contributed by atoms with Crippen molar-refractivity contribution in [3.63, 3.8) is 0 Å². The van der Waals surface area contributed by atoms with E-state index < -0.39 is 0 Å². The van der Waals surface area contributed by atoms with Gasteiger partial charge in [-0.25, -0.2) is 0 Å². The lowest BCUT2D eigenvalue weighted by Gasteiger charge is -2.13. The molecule has 0 spiro atoms. The molecule has 2 aromatic carbocycles. The highest BCUT2D eigenvalue weighted by Gasteiger charge is 2.07. The maximum atomic E-state index is 8.77. The molecule has 4 nitrogen and oxygen atoms in total. The van der Waals surface area contributed by atoms with Gasteiger partial charge in [-0.05, 0) is 54.8 Å². The molecule has 0 radical (unpaired) electrons. The van der Waals surface area contributed by atoms with Crippen molar-refractivity contribution in [3.8, 4) is 11.5 Å². The Balaban J connectivity index is 1.92. The lowest BCUT2D eigenvalue weighted by atomic mass is 10.2. The molecule has 2 aromatic rings. The van der Waals surface area contributed by atoms with Crippen LogP contribution in [0.15, 0.2) is 36.4 Å². The first kappa shape index (κ1) is 19.9. The first-order valence-electron chi connectivity index (χ1n) is 8.19. The highest BCUT2D eigenvalue weighted by molar-refractivity contribution is 6.42. The number of unbranched alkanes of at least 4 members (excludes halogenated alkanes) is 1. The van der Waals surface area contributed by atoms with Gasteiger partial charge in [-0.3, -0.25) is 0 Å². The van der Waals surface area contributed by atoms with E-state index in [0.29, 0.717) is 28.2 Å². The standard InChI is InChI=1S/C19H23Cl2NO3/c1-24-19-11-14(12-22-8-2-3-9-23)5-7-18(19)25-13-15-4-6-16(20)17(21)10-15/h4-7,10-11,22-23H,2-3,8-9,12-13H2,1H3. The Hall–Kier alpha value is -1.46. The normalized spacial score (nSPS) is 10.7. The van der Waals surface area contributed by atoms with Gasteiger partial charge >= 0.3 is 0 Å².